The van der Waals surface area contributed by atoms with Crippen LogP contribution in [0.15, 0.2) is 67.1 Å². The number of nitrogens with zero attached hydrogens (tertiary/aromatic N) is 4. The van der Waals surface area contributed by atoms with Crippen molar-refractivity contribution in [3.05, 3.63) is 90.0 Å². The van der Waals surface area contributed by atoms with Crippen molar-refractivity contribution in [2.45, 2.75) is 6.92 Å². The second-order valence-electron chi connectivity index (χ2n) is 7.73. The van der Waals surface area contributed by atoms with Crippen LogP contribution in [0, 0.1) is 18.6 Å². The van der Waals surface area contributed by atoms with Crippen molar-refractivity contribution in [3.63, 3.8) is 0 Å². The van der Waals surface area contributed by atoms with Gasteiger partial charge in [0, 0.05) is 30.6 Å². The van der Waals surface area contributed by atoms with E-state index >= 15 is 0 Å². The van der Waals surface area contributed by atoms with Crippen molar-refractivity contribution in [3.8, 4) is 17.1 Å². The lowest BCUT2D eigenvalue weighted by Crippen LogP contribution is -1.99. The molecule has 2 heterocycles. The van der Waals surface area contributed by atoms with E-state index in [2.05, 4.69) is 15.3 Å². The molecule has 5 aromatic rings. The van der Waals surface area contributed by atoms with E-state index in [1.54, 1.807) is 28.6 Å². The maximum absolute atomic E-state index is 14.4. The number of aromatic nitrogens is 4. The third kappa shape index (κ3) is 3.65. The average molecular weight is 443 g/mol. The van der Waals surface area contributed by atoms with Gasteiger partial charge in [0.1, 0.15) is 23.0 Å². The largest absolute Gasteiger partial charge is 0.354 e. The van der Waals surface area contributed by atoms with Gasteiger partial charge in [-0.3, -0.25) is 4.79 Å². The van der Waals surface area contributed by atoms with Crippen molar-refractivity contribution < 1.29 is 13.6 Å². The first-order valence-electron chi connectivity index (χ1n) is 10.2. The van der Waals surface area contributed by atoms with Crippen LogP contribution in [0.1, 0.15) is 16.1 Å². The Hall–Kier alpha value is -4.33. The molecule has 2 aromatic heterocycles. The first kappa shape index (κ1) is 20.6. The highest BCUT2D eigenvalue weighted by Crippen LogP contribution is 2.32. The molecule has 0 atom stereocenters. The van der Waals surface area contributed by atoms with E-state index in [9.17, 15) is 13.6 Å². The smallest absolute Gasteiger partial charge is 0.152 e. The van der Waals surface area contributed by atoms with Gasteiger partial charge in [0.05, 0.1) is 34.5 Å². The van der Waals surface area contributed by atoms with Gasteiger partial charge in [0.15, 0.2) is 6.29 Å². The molecule has 0 radical (unpaired) electrons. The number of benzene rings is 3. The zero-order chi connectivity index (χ0) is 23.1. The fourth-order valence-corrected chi connectivity index (χ4v) is 3.90. The van der Waals surface area contributed by atoms with Crippen LogP contribution in [0.25, 0.3) is 28.1 Å². The summed E-state index contributed by atoms with van der Waals surface area (Å²) in [6.45, 7) is 1.88. The number of rotatable bonds is 5. The minimum Gasteiger partial charge on any atom is -0.354 e. The predicted octanol–water partition coefficient (Wildman–Crippen LogP) is 5.57. The number of hydrogen-bond donors (Lipinski definition) is 1. The summed E-state index contributed by atoms with van der Waals surface area (Å²) >= 11 is 0. The molecule has 0 bridgehead atoms. The summed E-state index contributed by atoms with van der Waals surface area (Å²) in [6.07, 6.45) is 4.31. The number of aryl methyl sites for hydroxylation is 2. The molecule has 8 heteroatoms. The van der Waals surface area contributed by atoms with Crippen LogP contribution in [0.3, 0.4) is 0 Å². The van der Waals surface area contributed by atoms with E-state index in [1.165, 1.54) is 12.1 Å². The number of fused-ring (bicyclic) bond motifs is 1. The van der Waals surface area contributed by atoms with Crippen molar-refractivity contribution in [1.82, 2.24) is 19.1 Å². The van der Waals surface area contributed by atoms with E-state index in [0.717, 1.165) is 29.3 Å². The Morgan fingerprint density at radius 2 is 1.91 bits per heavy atom. The molecule has 5 rings (SSSR count). The number of carbonyl (C=O) groups excluding carboxylic acids is 1. The molecule has 6 nitrogen and oxygen atoms in total. The van der Waals surface area contributed by atoms with Gasteiger partial charge in [-0.15, -0.1) is 0 Å². The van der Waals surface area contributed by atoms with Gasteiger partial charge >= 0.3 is 0 Å². The average Bonchev–Trinajstić information content (AvgIpc) is 3.38. The highest BCUT2D eigenvalue weighted by Gasteiger charge is 2.17. The standard InChI is InChI=1S/C25H19F2N5O/c1-15-12-32(14-28-15)22-9-7-18(10-16(22)13-33)29-21-4-3-5-23-24(21)30-25(31(23)2)19-8-6-17(26)11-20(19)27/h3-14,29H,1-2H3. The summed E-state index contributed by atoms with van der Waals surface area (Å²) in [7, 11) is 1.78. The number of aldehydes is 1. The van der Waals surface area contributed by atoms with Gasteiger partial charge in [-0.1, -0.05) is 6.07 Å². The van der Waals surface area contributed by atoms with E-state index in [4.69, 9.17) is 0 Å². The Balaban J connectivity index is 1.55. The second-order valence-corrected chi connectivity index (χ2v) is 7.73. The Labute approximate surface area is 188 Å². The number of hydrogen-bond acceptors (Lipinski definition) is 4. The van der Waals surface area contributed by atoms with E-state index in [1.807, 2.05) is 43.5 Å². The van der Waals surface area contributed by atoms with Crippen LogP contribution in [-0.4, -0.2) is 25.4 Å². The van der Waals surface area contributed by atoms with Crippen LogP contribution in [-0.2, 0) is 7.05 Å². The molecule has 0 saturated carbocycles. The molecule has 1 N–H and O–H groups in total. The number of para-hydroxylation sites is 1. The van der Waals surface area contributed by atoms with E-state index in [0.29, 0.717) is 28.3 Å². The maximum atomic E-state index is 14.4. The van der Waals surface area contributed by atoms with Gasteiger partial charge in [0.25, 0.3) is 0 Å². The second kappa shape index (κ2) is 7.98. The molecular formula is C25H19F2N5O. The van der Waals surface area contributed by atoms with Crippen LogP contribution in [0.2, 0.25) is 0 Å². The van der Waals surface area contributed by atoms with Crippen LogP contribution >= 0.6 is 0 Å². The van der Waals surface area contributed by atoms with Gasteiger partial charge < -0.3 is 14.5 Å². The Morgan fingerprint density at radius 3 is 2.64 bits per heavy atom. The molecule has 0 aliphatic carbocycles. The van der Waals surface area contributed by atoms with Gasteiger partial charge in [-0.05, 0) is 49.4 Å². The van der Waals surface area contributed by atoms with Gasteiger partial charge in [-0.2, -0.15) is 0 Å². The fraction of sp³-hybridized carbons (Fsp3) is 0.0800. The third-order valence-electron chi connectivity index (χ3n) is 5.51. The zero-order valence-electron chi connectivity index (χ0n) is 17.9. The minimum absolute atomic E-state index is 0.212. The van der Waals surface area contributed by atoms with E-state index in [-0.39, 0.29) is 5.56 Å². The zero-order valence-corrected chi connectivity index (χ0v) is 17.9. The number of anilines is 2. The lowest BCUT2D eigenvalue weighted by atomic mass is 10.1. The topological polar surface area (TPSA) is 64.7 Å². The molecule has 0 fully saturated rings. The van der Waals surface area contributed by atoms with Crippen molar-refractivity contribution >= 4 is 28.7 Å². The fourth-order valence-electron chi connectivity index (χ4n) is 3.90. The van der Waals surface area contributed by atoms with Gasteiger partial charge in [0.2, 0.25) is 0 Å². The number of carbonyl (C=O) groups is 1. The van der Waals surface area contributed by atoms with Crippen LogP contribution < -0.4 is 5.32 Å². The summed E-state index contributed by atoms with van der Waals surface area (Å²) in [5.41, 5.74) is 5.08. The Morgan fingerprint density at radius 1 is 1.06 bits per heavy atom. The molecule has 0 aliphatic heterocycles. The summed E-state index contributed by atoms with van der Waals surface area (Å²) in [5.74, 6) is -0.933. The monoisotopic (exact) mass is 443 g/mol. The molecule has 0 amide bonds. The molecule has 0 unspecified atom stereocenters. The SMILES string of the molecule is Cc1cn(-c2ccc(Nc3cccc4c3nc(-c3ccc(F)cc3F)n4C)cc2C=O)cn1. The van der Waals surface area contributed by atoms with Gasteiger partial charge in [-0.25, -0.2) is 18.7 Å². The molecule has 164 valence electrons. The first-order chi connectivity index (χ1) is 15.9. The predicted molar refractivity (Wildman–Crippen MR) is 123 cm³/mol. The molecular weight excluding hydrogens is 424 g/mol. The Bertz CT molecular complexity index is 1520. The molecule has 0 saturated heterocycles. The van der Waals surface area contributed by atoms with Crippen molar-refractivity contribution in [2.75, 3.05) is 5.32 Å². The first-order valence-corrected chi connectivity index (χ1v) is 10.2. The van der Waals surface area contributed by atoms with Crippen LogP contribution in [0.5, 0.6) is 0 Å². The lowest BCUT2D eigenvalue weighted by molar-refractivity contribution is 0.112. The molecule has 0 spiro atoms. The third-order valence-corrected chi connectivity index (χ3v) is 5.51. The summed E-state index contributed by atoms with van der Waals surface area (Å²) in [5, 5.41) is 3.31. The summed E-state index contributed by atoms with van der Waals surface area (Å²) in [6, 6.07) is 14.5. The summed E-state index contributed by atoms with van der Waals surface area (Å²) in [4.78, 5) is 20.6. The molecule has 0 aliphatic rings. The summed E-state index contributed by atoms with van der Waals surface area (Å²) < 4.78 is 31.3. The highest BCUT2D eigenvalue weighted by molar-refractivity contribution is 5.93. The quantitative estimate of drug-likeness (QED) is 0.361. The number of nitrogens with one attached hydrogen (secondary N) is 1. The van der Waals surface area contributed by atoms with E-state index < -0.39 is 11.6 Å². The maximum Gasteiger partial charge on any atom is 0.152 e. The molecule has 3 aromatic carbocycles. The van der Waals surface area contributed by atoms with Crippen LogP contribution in [0.4, 0.5) is 20.2 Å². The normalized spacial score (nSPS) is 11.2. The van der Waals surface area contributed by atoms with Crippen molar-refractivity contribution in [1.29, 1.82) is 0 Å². The molecule has 33 heavy (non-hydrogen) atoms. The van der Waals surface area contributed by atoms with Crippen molar-refractivity contribution in [2.24, 2.45) is 7.05 Å². The Kier molecular flexibility index (Phi) is 4.97. The lowest BCUT2D eigenvalue weighted by Gasteiger charge is -2.11. The number of imidazole rings is 2. The number of halogens is 2. The highest BCUT2D eigenvalue weighted by atomic mass is 19.1. The minimum atomic E-state index is -0.677.